The predicted octanol–water partition coefficient (Wildman–Crippen LogP) is 4.34. The molecule has 156 valence electrons. The topological polar surface area (TPSA) is 64.7 Å². The fraction of sp³-hybridized carbons (Fsp3) is 0.174. The van der Waals surface area contributed by atoms with E-state index in [1.807, 2.05) is 38.1 Å². The largest absolute Gasteiger partial charge is 0.368 e. The van der Waals surface area contributed by atoms with Gasteiger partial charge in [-0.3, -0.25) is 4.79 Å². The van der Waals surface area contributed by atoms with Crippen LogP contribution in [0.2, 0.25) is 0 Å². The average molecular weight is 419 g/mol. The molecule has 0 spiro atoms. The molecule has 8 heteroatoms. The molecule has 0 saturated carbocycles. The van der Waals surface area contributed by atoms with E-state index < -0.39 is 11.6 Å². The summed E-state index contributed by atoms with van der Waals surface area (Å²) in [4.78, 5) is 12.6. The summed E-state index contributed by atoms with van der Waals surface area (Å²) in [6.45, 7) is 4.56. The van der Waals surface area contributed by atoms with E-state index in [2.05, 4.69) is 15.5 Å². The quantitative estimate of drug-likeness (QED) is 0.537. The number of anilines is 1. The van der Waals surface area contributed by atoms with Crippen LogP contribution < -0.4 is 10.9 Å². The Morgan fingerprint density at radius 3 is 2.65 bits per heavy atom. The van der Waals surface area contributed by atoms with E-state index in [0.29, 0.717) is 35.0 Å². The zero-order chi connectivity index (χ0) is 21.7. The van der Waals surface area contributed by atoms with Crippen molar-refractivity contribution in [2.75, 3.05) is 11.9 Å². The molecule has 3 heterocycles. The van der Waals surface area contributed by atoms with Crippen LogP contribution in [0.1, 0.15) is 18.5 Å². The first-order valence-corrected chi connectivity index (χ1v) is 9.92. The summed E-state index contributed by atoms with van der Waals surface area (Å²) in [6.07, 6.45) is 0. The number of rotatable bonds is 3. The molecular weight excluding hydrogens is 400 g/mol. The molecule has 1 N–H and O–H groups in total. The van der Waals surface area contributed by atoms with E-state index in [-0.39, 0.29) is 17.2 Å². The summed E-state index contributed by atoms with van der Waals surface area (Å²) in [5.41, 5.74) is 2.82. The minimum atomic E-state index is -0.710. The summed E-state index contributed by atoms with van der Waals surface area (Å²) in [5, 5.41) is 12.5. The molecule has 2 aromatic heterocycles. The van der Waals surface area contributed by atoms with Crippen molar-refractivity contribution in [3.05, 3.63) is 82.1 Å². The van der Waals surface area contributed by atoms with Crippen LogP contribution in [0.4, 0.5) is 14.6 Å². The van der Waals surface area contributed by atoms with Gasteiger partial charge in [-0.15, -0.1) is 0 Å². The number of hydrogen-bond donors (Lipinski definition) is 1. The first kappa shape index (κ1) is 19.2. The Kier molecular flexibility index (Phi) is 4.43. The van der Waals surface area contributed by atoms with Crippen LogP contribution in [0.25, 0.3) is 28.2 Å². The number of aromatic nitrogens is 4. The lowest BCUT2D eigenvalue weighted by atomic mass is 10.0. The third kappa shape index (κ3) is 3.11. The Labute approximate surface area is 176 Å². The van der Waals surface area contributed by atoms with Crippen molar-refractivity contribution in [1.82, 2.24) is 19.6 Å². The predicted molar refractivity (Wildman–Crippen MR) is 114 cm³/mol. The molecule has 0 bridgehead atoms. The minimum absolute atomic E-state index is 0.0493. The molecule has 1 aliphatic rings. The Morgan fingerprint density at radius 1 is 1.06 bits per heavy atom. The second-order valence-corrected chi connectivity index (χ2v) is 7.63. The molecular formula is C23H19F2N5O. The highest BCUT2D eigenvalue weighted by molar-refractivity contribution is 5.88. The Balaban J connectivity index is 1.76. The summed E-state index contributed by atoms with van der Waals surface area (Å²) in [7, 11) is 0. The van der Waals surface area contributed by atoms with Gasteiger partial charge in [0.1, 0.15) is 23.1 Å². The van der Waals surface area contributed by atoms with Gasteiger partial charge in [0.05, 0.1) is 23.0 Å². The van der Waals surface area contributed by atoms with E-state index in [4.69, 9.17) is 0 Å². The number of para-hydroxylation sites is 1. The van der Waals surface area contributed by atoms with Gasteiger partial charge in [0, 0.05) is 24.2 Å². The van der Waals surface area contributed by atoms with Crippen LogP contribution in [0.3, 0.4) is 0 Å². The number of fused-ring (bicyclic) bond motifs is 1. The van der Waals surface area contributed by atoms with Gasteiger partial charge < -0.3 is 5.32 Å². The molecule has 31 heavy (non-hydrogen) atoms. The van der Waals surface area contributed by atoms with Gasteiger partial charge in [-0.1, -0.05) is 18.2 Å². The van der Waals surface area contributed by atoms with Crippen LogP contribution in [-0.2, 0) is 0 Å². The SMILES string of the molecule is Cc1ccccc1-n1nc(-c2c(-c3ccc(F)cc3F)nn3c2NC[C@@H]3C)ccc1=O. The summed E-state index contributed by atoms with van der Waals surface area (Å²) < 4.78 is 31.3. The molecule has 0 amide bonds. The van der Waals surface area contributed by atoms with Crippen molar-refractivity contribution in [3.63, 3.8) is 0 Å². The van der Waals surface area contributed by atoms with Crippen LogP contribution in [0, 0.1) is 18.6 Å². The third-order valence-electron chi connectivity index (χ3n) is 5.48. The van der Waals surface area contributed by atoms with Crippen molar-refractivity contribution in [2.45, 2.75) is 19.9 Å². The molecule has 5 rings (SSSR count). The molecule has 0 fully saturated rings. The summed E-state index contributed by atoms with van der Waals surface area (Å²) in [5.74, 6) is -0.682. The second kappa shape index (κ2) is 7.16. The summed E-state index contributed by atoms with van der Waals surface area (Å²) in [6, 6.07) is 13.9. The fourth-order valence-electron chi connectivity index (χ4n) is 3.88. The average Bonchev–Trinajstić information content (AvgIpc) is 3.29. The zero-order valence-electron chi connectivity index (χ0n) is 16.9. The first-order valence-electron chi connectivity index (χ1n) is 9.92. The number of benzene rings is 2. The van der Waals surface area contributed by atoms with Crippen molar-refractivity contribution < 1.29 is 8.78 Å². The number of nitrogens with zero attached hydrogens (tertiary/aromatic N) is 4. The Bertz CT molecular complexity index is 1370. The molecule has 1 atom stereocenters. The molecule has 6 nitrogen and oxygen atoms in total. The van der Waals surface area contributed by atoms with Crippen molar-refractivity contribution >= 4 is 5.82 Å². The number of aryl methyl sites for hydroxylation is 1. The Hall–Kier alpha value is -3.81. The van der Waals surface area contributed by atoms with Crippen LogP contribution in [-0.4, -0.2) is 26.1 Å². The van der Waals surface area contributed by atoms with E-state index in [1.165, 1.54) is 22.9 Å². The minimum Gasteiger partial charge on any atom is -0.368 e. The van der Waals surface area contributed by atoms with Gasteiger partial charge in [0.15, 0.2) is 0 Å². The molecule has 0 unspecified atom stereocenters. The smallest absolute Gasteiger partial charge is 0.271 e. The van der Waals surface area contributed by atoms with Gasteiger partial charge >= 0.3 is 0 Å². The molecule has 0 aliphatic carbocycles. The van der Waals surface area contributed by atoms with Gasteiger partial charge in [-0.25, -0.2) is 13.5 Å². The second-order valence-electron chi connectivity index (χ2n) is 7.63. The third-order valence-corrected chi connectivity index (χ3v) is 5.48. The number of hydrogen-bond acceptors (Lipinski definition) is 4. The van der Waals surface area contributed by atoms with Gasteiger partial charge in [-0.2, -0.15) is 14.9 Å². The molecule has 0 radical (unpaired) electrons. The van der Waals surface area contributed by atoms with Crippen LogP contribution in [0.15, 0.2) is 59.4 Å². The van der Waals surface area contributed by atoms with E-state index in [9.17, 15) is 13.6 Å². The normalized spacial score (nSPS) is 15.0. The summed E-state index contributed by atoms with van der Waals surface area (Å²) >= 11 is 0. The molecule has 2 aromatic carbocycles. The highest BCUT2D eigenvalue weighted by Gasteiger charge is 2.30. The van der Waals surface area contributed by atoms with Crippen LogP contribution >= 0.6 is 0 Å². The highest BCUT2D eigenvalue weighted by atomic mass is 19.1. The van der Waals surface area contributed by atoms with E-state index in [1.54, 1.807) is 10.7 Å². The van der Waals surface area contributed by atoms with Crippen molar-refractivity contribution in [3.8, 4) is 28.2 Å². The maximum Gasteiger partial charge on any atom is 0.271 e. The maximum atomic E-state index is 14.7. The lowest BCUT2D eigenvalue weighted by molar-refractivity contribution is 0.560. The lowest BCUT2D eigenvalue weighted by Crippen LogP contribution is -2.21. The van der Waals surface area contributed by atoms with E-state index in [0.717, 1.165) is 11.6 Å². The monoisotopic (exact) mass is 419 g/mol. The lowest BCUT2D eigenvalue weighted by Gasteiger charge is -2.11. The standard InChI is InChI=1S/C23H19F2N5O/c1-13-5-3-4-6-19(13)30-20(31)10-9-18(27-30)21-22(16-8-7-15(24)11-17(16)25)28-29-14(2)12-26-23(21)29/h3-11,14,26H,12H2,1-2H3/t14-/m0/s1. The van der Waals surface area contributed by atoms with Crippen LogP contribution in [0.5, 0.6) is 0 Å². The highest BCUT2D eigenvalue weighted by Crippen LogP contribution is 2.41. The number of nitrogens with one attached hydrogen (secondary N) is 1. The zero-order valence-corrected chi connectivity index (χ0v) is 16.9. The molecule has 0 saturated heterocycles. The fourth-order valence-corrected chi connectivity index (χ4v) is 3.88. The van der Waals surface area contributed by atoms with Crippen molar-refractivity contribution in [1.29, 1.82) is 0 Å². The first-order chi connectivity index (χ1) is 14.9. The molecule has 4 aromatic rings. The van der Waals surface area contributed by atoms with Crippen molar-refractivity contribution in [2.24, 2.45) is 0 Å². The molecule has 1 aliphatic heterocycles. The van der Waals surface area contributed by atoms with Gasteiger partial charge in [0.25, 0.3) is 5.56 Å². The maximum absolute atomic E-state index is 14.7. The van der Waals surface area contributed by atoms with Gasteiger partial charge in [-0.05, 0) is 43.7 Å². The van der Waals surface area contributed by atoms with Gasteiger partial charge in [0.2, 0.25) is 0 Å². The van der Waals surface area contributed by atoms with E-state index >= 15 is 0 Å². The number of halogens is 2. The Morgan fingerprint density at radius 2 is 1.87 bits per heavy atom.